The van der Waals surface area contributed by atoms with E-state index in [1.807, 2.05) is 0 Å². The predicted molar refractivity (Wildman–Crippen MR) is 126 cm³/mol. The van der Waals surface area contributed by atoms with E-state index in [1.54, 1.807) is 31.2 Å². The zero-order valence-electron chi connectivity index (χ0n) is 21.1. The third kappa shape index (κ3) is 5.83. The molecule has 0 bridgehead atoms. The molecule has 0 aliphatic carbocycles. The van der Waals surface area contributed by atoms with E-state index in [0.29, 0.717) is 11.4 Å². The van der Waals surface area contributed by atoms with E-state index in [0.717, 1.165) is 9.80 Å². The van der Waals surface area contributed by atoms with E-state index < -0.39 is 35.6 Å². The average Bonchev–Trinajstić information content (AvgIpc) is 3.11. The summed E-state index contributed by atoms with van der Waals surface area (Å²) in [4.78, 5) is 55.1. The number of rotatable bonds is 7. The molecule has 0 atom stereocenters. The fourth-order valence-electron chi connectivity index (χ4n) is 2.85. The Hall–Kier alpha value is -4.22. The van der Waals surface area contributed by atoms with Crippen molar-refractivity contribution in [1.29, 1.82) is 0 Å². The molecule has 12 heteroatoms. The highest BCUT2D eigenvalue weighted by Crippen LogP contribution is 2.42. The minimum atomic E-state index is -0.898. The first-order chi connectivity index (χ1) is 16.4. The molecule has 1 heterocycles. The number of aromatic nitrogens is 1. The molecule has 35 heavy (non-hydrogen) atoms. The van der Waals surface area contributed by atoms with Crippen LogP contribution in [0.2, 0.25) is 0 Å². The minimum absolute atomic E-state index is 0.00251. The number of benzene rings is 1. The fraction of sp³-hybridized carbons (Fsp3) is 0.391. The number of nitrogens with zero attached hydrogens (tertiary/aromatic N) is 4. The first-order valence-corrected chi connectivity index (χ1v) is 10.5. The third-order valence-corrected chi connectivity index (χ3v) is 4.60. The van der Waals surface area contributed by atoms with Gasteiger partial charge in [-0.1, -0.05) is 0 Å². The third-order valence-electron chi connectivity index (χ3n) is 4.60. The van der Waals surface area contributed by atoms with Crippen LogP contribution in [-0.4, -0.2) is 99.3 Å². The summed E-state index contributed by atoms with van der Waals surface area (Å²) in [7, 11) is 10.2. The Morgan fingerprint density at radius 1 is 0.771 bits per heavy atom. The molecule has 1 aromatic carbocycles. The first kappa shape index (κ1) is 27.0. The number of hydrogen-bond donors (Lipinski definition) is 0. The lowest BCUT2D eigenvalue weighted by Gasteiger charge is -2.17. The van der Waals surface area contributed by atoms with Gasteiger partial charge in [-0.05, 0) is 31.2 Å². The van der Waals surface area contributed by atoms with Crippen LogP contribution in [0.4, 0.5) is 9.59 Å². The molecule has 2 rings (SSSR count). The molecule has 0 unspecified atom stereocenters. The maximum absolute atomic E-state index is 13.4. The van der Waals surface area contributed by atoms with Crippen molar-refractivity contribution in [1.82, 2.24) is 19.3 Å². The van der Waals surface area contributed by atoms with Gasteiger partial charge in [-0.25, -0.2) is 14.4 Å². The Kier molecular flexibility index (Phi) is 8.70. The highest BCUT2D eigenvalue weighted by Gasteiger charge is 2.38. The van der Waals surface area contributed by atoms with Crippen LogP contribution in [0.25, 0.3) is 5.69 Å². The van der Waals surface area contributed by atoms with Crippen molar-refractivity contribution in [2.24, 2.45) is 0 Å². The van der Waals surface area contributed by atoms with Crippen molar-refractivity contribution in [3.05, 3.63) is 35.7 Å². The smallest absolute Gasteiger partial charge is 0.414 e. The van der Waals surface area contributed by atoms with E-state index in [9.17, 15) is 19.2 Å². The summed E-state index contributed by atoms with van der Waals surface area (Å²) in [6, 6.07) is 6.41. The molecule has 3 amide bonds. The number of hydrogen-bond acceptors (Lipinski definition) is 8. The molecule has 0 radical (unpaired) electrons. The molecule has 0 fully saturated rings. The number of esters is 1. The predicted octanol–water partition coefficient (Wildman–Crippen LogP) is 2.49. The van der Waals surface area contributed by atoms with E-state index >= 15 is 0 Å². The number of ether oxygens (including phenoxy) is 4. The van der Waals surface area contributed by atoms with Crippen LogP contribution in [0.15, 0.2) is 24.3 Å². The summed E-state index contributed by atoms with van der Waals surface area (Å²) in [6.07, 6.45) is -1.73. The van der Waals surface area contributed by atoms with Crippen molar-refractivity contribution >= 4 is 24.1 Å². The maximum Gasteiger partial charge on any atom is 0.414 e. The molecule has 0 aliphatic heterocycles. The summed E-state index contributed by atoms with van der Waals surface area (Å²) >= 11 is 0. The molecule has 12 nitrogen and oxygen atoms in total. The van der Waals surface area contributed by atoms with Gasteiger partial charge in [-0.3, -0.25) is 9.36 Å². The summed E-state index contributed by atoms with van der Waals surface area (Å²) in [6.45, 7) is 1.60. The quantitative estimate of drug-likeness (QED) is 0.543. The molecule has 0 spiro atoms. The zero-order valence-corrected chi connectivity index (χ0v) is 21.1. The van der Waals surface area contributed by atoms with Gasteiger partial charge in [0.05, 0.1) is 13.7 Å². The summed E-state index contributed by atoms with van der Waals surface area (Å²) in [5.74, 6) is -1.84. The van der Waals surface area contributed by atoms with Crippen LogP contribution >= 0.6 is 0 Å². The van der Waals surface area contributed by atoms with E-state index in [1.165, 1.54) is 58.9 Å². The van der Waals surface area contributed by atoms with Crippen molar-refractivity contribution in [2.75, 3.05) is 56.0 Å². The molecule has 2 aromatic rings. The van der Waals surface area contributed by atoms with Crippen LogP contribution in [0.1, 0.15) is 27.9 Å². The molecule has 1 aromatic heterocycles. The monoisotopic (exact) mass is 490 g/mol. The van der Waals surface area contributed by atoms with Crippen molar-refractivity contribution < 1.29 is 38.1 Å². The van der Waals surface area contributed by atoms with Gasteiger partial charge < -0.3 is 33.6 Å². The fourth-order valence-corrected chi connectivity index (χ4v) is 2.85. The van der Waals surface area contributed by atoms with Crippen LogP contribution in [0.3, 0.4) is 0 Å². The number of carbonyl (C=O) groups is 4. The van der Waals surface area contributed by atoms with Crippen molar-refractivity contribution in [3.8, 4) is 22.9 Å². The molecule has 0 aliphatic rings. The Bertz CT molecular complexity index is 1100. The Morgan fingerprint density at radius 2 is 1.26 bits per heavy atom. The Labute approximate surface area is 203 Å². The van der Waals surface area contributed by atoms with Gasteiger partial charge in [0.2, 0.25) is 11.5 Å². The molecular formula is C23H30N4O8. The van der Waals surface area contributed by atoms with Crippen LogP contribution in [-0.2, 0) is 4.74 Å². The SMILES string of the molecule is CCOC(=O)c1c(OC(=O)N(C)C)c(OC(=O)N(C)C)c(C(=O)N(C)C)n1-c1ccc(OC)cc1. The van der Waals surface area contributed by atoms with Gasteiger partial charge in [-0.2, -0.15) is 0 Å². The summed E-state index contributed by atoms with van der Waals surface area (Å²) in [5, 5.41) is 0. The van der Waals surface area contributed by atoms with Gasteiger partial charge in [-0.15, -0.1) is 0 Å². The number of carbonyl (C=O) groups excluding carboxylic acids is 4. The minimum Gasteiger partial charge on any atom is -0.497 e. The van der Waals surface area contributed by atoms with Crippen LogP contribution in [0, 0.1) is 0 Å². The second kappa shape index (κ2) is 11.3. The van der Waals surface area contributed by atoms with Crippen LogP contribution in [0.5, 0.6) is 17.2 Å². The first-order valence-electron chi connectivity index (χ1n) is 10.5. The number of amides is 3. The second-order valence-electron chi connectivity index (χ2n) is 7.83. The largest absolute Gasteiger partial charge is 0.497 e. The van der Waals surface area contributed by atoms with E-state index in [4.69, 9.17) is 18.9 Å². The van der Waals surface area contributed by atoms with Gasteiger partial charge in [0.1, 0.15) is 5.75 Å². The Balaban J connectivity index is 3.03. The van der Waals surface area contributed by atoms with Crippen LogP contribution < -0.4 is 14.2 Å². The highest BCUT2D eigenvalue weighted by atomic mass is 16.6. The highest BCUT2D eigenvalue weighted by molar-refractivity contribution is 6.04. The lowest BCUT2D eigenvalue weighted by molar-refractivity contribution is 0.0513. The normalized spacial score (nSPS) is 10.3. The molecule has 0 saturated carbocycles. The molecule has 0 saturated heterocycles. The zero-order chi connectivity index (χ0) is 26.4. The van der Waals surface area contributed by atoms with E-state index in [2.05, 4.69) is 0 Å². The van der Waals surface area contributed by atoms with Gasteiger partial charge >= 0.3 is 18.2 Å². The molecule has 190 valence electrons. The lowest BCUT2D eigenvalue weighted by Crippen LogP contribution is -2.29. The van der Waals surface area contributed by atoms with Gasteiger partial charge in [0.15, 0.2) is 11.4 Å². The lowest BCUT2D eigenvalue weighted by atomic mass is 10.2. The topological polar surface area (TPSA) is 120 Å². The van der Waals surface area contributed by atoms with Crippen molar-refractivity contribution in [2.45, 2.75) is 6.92 Å². The standard InChI is InChI=1S/C23H30N4O8/c1-9-33-21(29)17-19(35-23(31)26(6)7)18(34-22(30)25(4)5)16(20(28)24(2)3)27(17)14-10-12-15(32-8)13-11-14/h10-13H,9H2,1-8H3. The summed E-state index contributed by atoms with van der Waals surface area (Å²) < 4.78 is 22.6. The van der Waals surface area contributed by atoms with E-state index in [-0.39, 0.29) is 18.0 Å². The molecular weight excluding hydrogens is 460 g/mol. The number of methoxy groups -OCH3 is 1. The maximum atomic E-state index is 13.4. The van der Waals surface area contributed by atoms with Crippen molar-refractivity contribution in [3.63, 3.8) is 0 Å². The van der Waals surface area contributed by atoms with Gasteiger partial charge in [0.25, 0.3) is 5.91 Å². The molecule has 0 N–H and O–H groups in total. The second-order valence-corrected chi connectivity index (χ2v) is 7.83. The summed E-state index contributed by atoms with van der Waals surface area (Å²) in [5.41, 5.74) is -0.202. The average molecular weight is 491 g/mol. The Morgan fingerprint density at radius 3 is 1.66 bits per heavy atom. The van der Waals surface area contributed by atoms with Gasteiger partial charge in [0, 0.05) is 48.0 Å².